The van der Waals surface area contributed by atoms with E-state index in [1.165, 1.54) is 44.6 Å². The molecule has 0 unspecified atom stereocenters. The molecule has 1 aromatic rings. The Hall–Kier alpha value is -1.29. The van der Waals surface area contributed by atoms with Crippen LogP contribution in [0.4, 0.5) is 11.5 Å². The van der Waals surface area contributed by atoms with Gasteiger partial charge in [-0.15, -0.1) is 0 Å². The predicted molar refractivity (Wildman–Crippen MR) is 80.0 cm³/mol. The molecule has 104 valence electrons. The Kier molecular flexibility index (Phi) is 3.87. The van der Waals surface area contributed by atoms with Crippen LogP contribution in [0.25, 0.3) is 0 Å². The second-order valence-electron chi connectivity index (χ2n) is 5.71. The maximum atomic E-state index is 4.66. The number of likely N-dealkylation sites (N-methyl/N-ethyl adjacent to an activating group) is 1. The van der Waals surface area contributed by atoms with Gasteiger partial charge in [-0.25, -0.2) is 4.98 Å². The van der Waals surface area contributed by atoms with Crippen LogP contribution in [0.1, 0.15) is 19.3 Å². The third-order valence-corrected chi connectivity index (χ3v) is 4.25. The summed E-state index contributed by atoms with van der Waals surface area (Å²) in [5.74, 6) is 1.15. The van der Waals surface area contributed by atoms with Crippen molar-refractivity contribution < 1.29 is 0 Å². The van der Waals surface area contributed by atoms with Gasteiger partial charge in [-0.05, 0) is 45.0 Å². The van der Waals surface area contributed by atoms with Gasteiger partial charge in [-0.1, -0.05) is 0 Å². The molecular formula is C15H24N4. The lowest BCUT2D eigenvalue weighted by Crippen LogP contribution is -2.29. The SMILES string of the molecule is CN1CCCN(c2ccc(N3CCCC3)nc2)CC1. The first kappa shape index (κ1) is 12.7. The van der Waals surface area contributed by atoms with Crippen LogP contribution in [0.3, 0.4) is 0 Å². The summed E-state index contributed by atoms with van der Waals surface area (Å²) in [7, 11) is 2.21. The van der Waals surface area contributed by atoms with Gasteiger partial charge in [0.1, 0.15) is 5.82 Å². The molecule has 19 heavy (non-hydrogen) atoms. The molecular weight excluding hydrogens is 236 g/mol. The lowest BCUT2D eigenvalue weighted by molar-refractivity contribution is 0.360. The van der Waals surface area contributed by atoms with E-state index >= 15 is 0 Å². The molecule has 3 heterocycles. The molecule has 0 atom stereocenters. The molecule has 2 aliphatic rings. The number of nitrogens with zero attached hydrogens (tertiary/aromatic N) is 4. The van der Waals surface area contributed by atoms with Crippen LogP contribution >= 0.6 is 0 Å². The molecule has 0 aromatic carbocycles. The van der Waals surface area contributed by atoms with Crippen molar-refractivity contribution in [1.82, 2.24) is 9.88 Å². The number of pyridine rings is 1. The van der Waals surface area contributed by atoms with Crippen molar-refractivity contribution in [2.24, 2.45) is 0 Å². The molecule has 2 aliphatic heterocycles. The van der Waals surface area contributed by atoms with Gasteiger partial charge in [0.05, 0.1) is 11.9 Å². The van der Waals surface area contributed by atoms with Gasteiger partial charge >= 0.3 is 0 Å². The normalized spacial score (nSPS) is 21.7. The molecule has 2 saturated heterocycles. The molecule has 3 rings (SSSR count). The summed E-state index contributed by atoms with van der Waals surface area (Å²) >= 11 is 0. The van der Waals surface area contributed by atoms with Crippen molar-refractivity contribution in [1.29, 1.82) is 0 Å². The first-order chi connectivity index (χ1) is 9.33. The molecule has 0 bridgehead atoms. The van der Waals surface area contributed by atoms with Gasteiger partial charge in [-0.3, -0.25) is 0 Å². The van der Waals surface area contributed by atoms with E-state index in [9.17, 15) is 0 Å². The van der Waals surface area contributed by atoms with Crippen molar-refractivity contribution in [3.05, 3.63) is 18.3 Å². The number of aromatic nitrogens is 1. The van der Waals surface area contributed by atoms with Crippen LogP contribution in [0, 0.1) is 0 Å². The lowest BCUT2D eigenvalue weighted by atomic mass is 10.3. The topological polar surface area (TPSA) is 22.6 Å². The van der Waals surface area contributed by atoms with E-state index in [0.29, 0.717) is 0 Å². The second kappa shape index (κ2) is 5.78. The zero-order valence-electron chi connectivity index (χ0n) is 11.9. The van der Waals surface area contributed by atoms with E-state index in [1.54, 1.807) is 0 Å². The average Bonchev–Trinajstić information content (AvgIpc) is 2.89. The third kappa shape index (κ3) is 3.00. The van der Waals surface area contributed by atoms with Crippen LogP contribution in [-0.2, 0) is 0 Å². The molecule has 0 N–H and O–H groups in total. The highest BCUT2D eigenvalue weighted by Crippen LogP contribution is 2.21. The largest absolute Gasteiger partial charge is 0.369 e. The highest BCUT2D eigenvalue weighted by molar-refractivity contribution is 5.51. The van der Waals surface area contributed by atoms with E-state index in [2.05, 4.69) is 45.1 Å². The van der Waals surface area contributed by atoms with Crippen LogP contribution < -0.4 is 9.80 Å². The Bertz CT molecular complexity index is 397. The van der Waals surface area contributed by atoms with Gasteiger partial charge in [0.15, 0.2) is 0 Å². The fourth-order valence-corrected chi connectivity index (χ4v) is 3.00. The van der Waals surface area contributed by atoms with Gasteiger partial charge in [0.25, 0.3) is 0 Å². The Morgan fingerprint density at radius 3 is 2.37 bits per heavy atom. The number of hydrogen-bond acceptors (Lipinski definition) is 4. The molecule has 0 amide bonds. The molecule has 2 fully saturated rings. The Morgan fingerprint density at radius 2 is 1.63 bits per heavy atom. The van der Waals surface area contributed by atoms with Crippen LogP contribution in [0.5, 0.6) is 0 Å². The van der Waals surface area contributed by atoms with E-state index in [0.717, 1.165) is 25.5 Å². The predicted octanol–water partition coefficient (Wildman–Crippen LogP) is 1.82. The summed E-state index contributed by atoms with van der Waals surface area (Å²) in [6.07, 6.45) is 5.91. The molecule has 1 aromatic heterocycles. The summed E-state index contributed by atoms with van der Waals surface area (Å²) in [5.41, 5.74) is 1.28. The highest BCUT2D eigenvalue weighted by Gasteiger charge is 2.15. The van der Waals surface area contributed by atoms with Crippen molar-refractivity contribution in [3.63, 3.8) is 0 Å². The maximum absolute atomic E-state index is 4.66. The average molecular weight is 260 g/mol. The summed E-state index contributed by atoms with van der Waals surface area (Å²) in [4.78, 5) is 11.9. The lowest BCUT2D eigenvalue weighted by Gasteiger charge is -2.23. The molecule has 4 nitrogen and oxygen atoms in total. The highest BCUT2D eigenvalue weighted by atomic mass is 15.2. The quantitative estimate of drug-likeness (QED) is 0.809. The fraction of sp³-hybridized carbons (Fsp3) is 0.667. The van der Waals surface area contributed by atoms with E-state index < -0.39 is 0 Å². The molecule has 0 aliphatic carbocycles. The Labute approximate surface area is 116 Å². The van der Waals surface area contributed by atoms with Crippen LogP contribution in [0.2, 0.25) is 0 Å². The smallest absolute Gasteiger partial charge is 0.128 e. The maximum Gasteiger partial charge on any atom is 0.128 e. The summed E-state index contributed by atoms with van der Waals surface area (Å²) < 4.78 is 0. The second-order valence-corrected chi connectivity index (χ2v) is 5.71. The molecule has 0 radical (unpaired) electrons. The minimum atomic E-state index is 1.11. The van der Waals surface area contributed by atoms with Crippen LogP contribution in [0.15, 0.2) is 18.3 Å². The van der Waals surface area contributed by atoms with Crippen molar-refractivity contribution in [2.45, 2.75) is 19.3 Å². The first-order valence-corrected chi connectivity index (χ1v) is 7.47. The van der Waals surface area contributed by atoms with Gasteiger partial charge in [0, 0.05) is 32.7 Å². The fourth-order valence-electron chi connectivity index (χ4n) is 3.00. The summed E-state index contributed by atoms with van der Waals surface area (Å²) in [5, 5.41) is 0. The Balaban J connectivity index is 1.67. The van der Waals surface area contributed by atoms with Crippen molar-refractivity contribution in [3.8, 4) is 0 Å². The number of anilines is 2. The summed E-state index contributed by atoms with van der Waals surface area (Å²) in [6.45, 7) is 6.95. The number of hydrogen-bond donors (Lipinski definition) is 0. The van der Waals surface area contributed by atoms with E-state index in [4.69, 9.17) is 0 Å². The molecule has 0 saturated carbocycles. The van der Waals surface area contributed by atoms with Crippen molar-refractivity contribution in [2.75, 3.05) is 56.1 Å². The van der Waals surface area contributed by atoms with Crippen LogP contribution in [-0.4, -0.2) is 56.2 Å². The molecule has 4 heteroatoms. The molecule has 0 spiro atoms. The standard InChI is InChI=1S/C15H24N4/c1-17-7-4-10-18(12-11-17)14-5-6-15(16-13-14)19-8-2-3-9-19/h5-6,13H,2-4,7-12H2,1H3. The van der Waals surface area contributed by atoms with Gasteiger partial charge in [-0.2, -0.15) is 0 Å². The monoisotopic (exact) mass is 260 g/mol. The Morgan fingerprint density at radius 1 is 0.842 bits per heavy atom. The van der Waals surface area contributed by atoms with Crippen molar-refractivity contribution >= 4 is 11.5 Å². The minimum absolute atomic E-state index is 1.11. The summed E-state index contributed by atoms with van der Waals surface area (Å²) in [6, 6.07) is 4.43. The van der Waals surface area contributed by atoms with Gasteiger partial charge in [0.2, 0.25) is 0 Å². The number of rotatable bonds is 2. The minimum Gasteiger partial charge on any atom is -0.369 e. The first-order valence-electron chi connectivity index (χ1n) is 7.47. The van der Waals surface area contributed by atoms with Gasteiger partial charge < -0.3 is 14.7 Å². The zero-order valence-corrected chi connectivity index (χ0v) is 11.9. The zero-order chi connectivity index (χ0) is 13.1. The third-order valence-electron chi connectivity index (χ3n) is 4.25. The van der Waals surface area contributed by atoms with E-state index in [-0.39, 0.29) is 0 Å². The van der Waals surface area contributed by atoms with E-state index in [1.807, 2.05) is 0 Å².